The van der Waals surface area contributed by atoms with Crippen molar-refractivity contribution < 1.29 is 5.11 Å². The van der Waals surface area contributed by atoms with E-state index in [1.54, 1.807) is 0 Å². The van der Waals surface area contributed by atoms with Gasteiger partial charge < -0.3 is 10.0 Å². The summed E-state index contributed by atoms with van der Waals surface area (Å²) in [5.41, 5.74) is 4.30. The van der Waals surface area contributed by atoms with Crippen LogP contribution in [0.5, 0.6) is 0 Å². The van der Waals surface area contributed by atoms with Gasteiger partial charge in [0.15, 0.2) is 0 Å². The first-order valence-corrected chi connectivity index (χ1v) is 6.61. The third kappa shape index (κ3) is 2.57. The van der Waals surface area contributed by atoms with Crippen molar-refractivity contribution in [1.82, 2.24) is 0 Å². The van der Waals surface area contributed by atoms with Crippen molar-refractivity contribution in [1.29, 1.82) is 0 Å². The summed E-state index contributed by atoms with van der Waals surface area (Å²) < 4.78 is 0.980. The second-order valence-electron chi connectivity index (χ2n) is 4.28. The van der Waals surface area contributed by atoms with E-state index in [0.29, 0.717) is 0 Å². The van der Waals surface area contributed by atoms with Crippen molar-refractivity contribution in [3.8, 4) is 0 Å². The Morgan fingerprint density at radius 2 is 1.83 bits per heavy atom. The molecule has 2 aromatic rings. The van der Waals surface area contributed by atoms with Crippen molar-refractivity contribution in [3.05, 3.63) is 58.1 Å². The molecule has 3 heteroatoms. The molecule has 0 aliphatic carbocycles. The Bertz CT molecular complexity index is 554. The van der Waals surface area contributed by atoms with Crippen LogP contribution in [-0.2, 0) is 6.61 Å². The number of para-hydroxylation sites is 1. The van der Waals surface area contributed by atoms with E-state index >= 15 is 0 Å². The summed E-state index contributed by atoms with van der Waals surface area (Å²) in [7, 11) is 2.02. The maximum Gasteiger partial charge on any atom is 0.0702 e. The molecule has 2 rings (SSSR count). The highest BCUT2D eigenvalue weighted by atomic mass is 79.9. The number of hydrogen-bond acceptors (Lipinski definition) is 2. The summed E-state index contributed by atoms with van der Waals surface area (Å²) in [6, 6.07) is 14.2. The van der Waals surface area contributed by atoms with E-state index in [9.17, 15) is 5.11 Å². The predicted octanol–water partition coefficient (Wildman–Crippen LogP) is 4.02. The van der Waals surface area contributed by atoms with Crippen LogP contribution < -0.4 is 4.90 Å². The highest BCUT2D eigenvalue weighted by Gasteiger charge is 2.10. The summed E-state index contributed by atoms with van der Waals surface area (Å²) in [5.74, 6) is 0. The lowest BCUT2D eigenvalue weighted by Crippen LogP contribution is -2.13. The van der Waals surface area contributed by atoms with Gasteiger partial charge in [0, 0.05) is 28.5 Å². The first-order chi connectivity index (χ1) is 8.63. The zero-order valence-corrected chi connectivity index (χ0v) is 12.1. The normalized spacial score (nSPS) is 10.4. The van der Waals surface area contributed by atoms with E-state index in [4.69, 9.17) is 0 Å². The van der Waals surface area contributed by atoms with E-state index < -0.39 is 0 Å². The Morgan fingerprint density at radius 3 is 2.50 bits per heavy atom. The average molecular weight is 306 g/mol. The number of rotatable bonds is 3. The number of benzene rings is 2. The van der Waals surface area contributed by atoms with Gasteiger partial charge in [-0.25, -0.2) is 0 Å². The summed E-state index contributed by atoms with van der Waals surface area (Å²) >= 11 is 3.43. The molecule has 2 aromatic carbocycles. The largest absolute Gasteiger partial charge is 0.392 e. The Labute approximate surface area is 116 Å². The van der Waals surface area contributed by atoms with Crippen LogP contribution in [0, 0.1) is 6.92 Å². The second kappa shape index (κ2) is 5.55. The molecule has 18 heavy (non-hydrogen) atoms. The molecule has 0 saturated carbocycles. The van der Waals surface area contributed by atoms with Gasteiger partial charge in [0.05, 0.1) is 6.61 Å². The fourth-order valence-electron chi connectivity index (χ4n) is 2.08. The molecule has 0 radical (unpaired) electrons. The van der Waals surface area contributed by atoms with E-state index in [1.807, 2.05) is 37.4 Å². The second-order valence-corrected chi connectivity index (χ2v) is 5.19. The summed E-state index contributed by atoms with van der Waals surface area (Å²) in [4.78, 5) is 2.10. The highest BCUT2D eigenvalue weighted by Crippen LogP contribution is 2.31. The maximum absolute atomic E-state index is 9.46. The Kier molecular flexibility index (Phi) is 4.04. The molecule has 2 nitrogen and oxygen atoms in total. The van der Waals surface area contributed by atoms with Gasteiger partial charge in [-0.3, -0.25) is 0 Å². The fourth-order valence-corrected chi connectivity index (χ4v) is 2.49. The zero-order valence-electron chi connectivity index (χ0n) is 10.5. The first-order valence-electron chi connectivity index (χ1n) is 5.82. The monoisotopic (exact) mass is 305 g/mol. The van der Waals surface area contributed by atoms with Crippen LogP contribution in [0.3, 0.4) is 0 Å². The van der Waals surface area contributed by atoms with Gasteiger partial charge in [-0.2, -0.15) is 0 Å². The molecule has 0 unspecified atom stereocenters. The molecule has 0 aliphatic rings. The molecule has 0 atom stereocenters. The number of halogens is 1. The van der Waals surface area contributed by atoms with Crippen LogP contribution in [0.2, 0.25) is 0 Å². The minimum atomic E-state index is 0.0327. The minimum Gasteiger partial charge on any atom is -0.392 e. The zero-order chi connectivity index (χ0) is 13.1. The SMILES string of the molecule is Cc1ccccc1N(C)c1ccc(Br)cc1CO. The predicted molar refractivity (Wildman–Crippen MR) is 79.3 cm³/mol. The standard InChI is InChI=1S/C15H16BrNO/c1-11-5-3-4-6-14(11)17(2)15-8-7-13(16)9-12(15)10-18/h3-9,18H,10H2,1-2H3. The molecular weight excluding hydrogens is 290 g/mol. The lowest BCUT2D eigenvalue weighted by atomic mass is 10.1. The lowest BCUT2D eigenvalue weighted by molar-refractivity contribution is 0.282. The molecule has 0 aliphatic heterocycles. The summed E-state index contributed by atoms with van der Waals surface area (Å²) in [6.07, 6.45) is 0. The molecule has 0 amide bonds. The van der Waals surface area contributed by atoms with Crippen LogP contribution in [0.25, 0.3) is 0 Å². The Balaban J connectivity index is 2.46. The number of aliphatic hydroxyl groups is 1. The number of hydrogen-bond donors (Lipinski definition) is 1. The fraction of sp³-hybridized carbons (Fsp3) is 0.200. The molecule has 94 valence electrons. The van der Waals surface area contributed by atoms with Gasteiger partial charge in [0.25, 0.3) is 0 Å². The third-order valence-corrected chi connectivity index (χ3v) is 3.54. The summed E-state index contributed by atoms with van der Waals surface area (Å²) in [6.45, 7) is 2.12. The van der Waals surface area contributed by atoms with Crippen LogP contribution >= 0.6 is 15.9 Å². The quantitative estimate of drug-likeness (QED) is 0.926. The smallest absolute Gasteiger partial charge is 0.0702 e. The van der Waals surface area contributed by atoms with E-state index in [0.717, 1.165) is 21.4 Å². The molecule has 0 fully saturated rings. The number of anilines is 2. The Hall–Kier alpha value is -1.32. The van der Waals surface area contributed by atoms with Crippen molar-refractivity contribution in [2.75, 3.05) is 11.9 Å². The van der Waals surface area contributed by atoms with Crippen molar-refractivity contribution >= 4 is 27.3 Å². The molecule has 0 bridgehead atoms. The van der Waals surface area contributed by atoms with Gasteiger partial charge in [0.2, 0.25) is 0 Å². The van der Waals surface area contributed by atoms with Gasteiger partial charge in [-0.1, -0.05) is 34.1 Å². The highest BCUT2D eigenvalue weighted by molar-refractivity contribution is 9.10. The maximum atomic E-state index is 9.46. The average Bonchev–Trinajstić information content (AvgIpc) is 2.38. The minimum absolute atomic E-state index is 0.0327. The molecule has 0 saturated heterocycles. The Morgan fingerprint density at radius 1 is 1.11 bits per heavy atom. The molecule has 0 spiro atoms. The van der Waals surface area contributed by atoms with E-state index in [2.05, 4.69) is 39.9 Å². The summed E-state index contributed by atoms with van der Waals surface area (Å²) in [5, 5.41) is 9.46. The number of aliphatic hydroxyl groups excluding tert-OH is 1. The van der Waals surface area contributed by atoms with Crippen molar-refractivity contribution in [2.24, 2.45) is 0 Å². The van der Waals surface area contributed by atoms with E-state index in [1.165, 1.54) is 5.56 Å². The third-order valence-electron chi connectivity index (χ3n) is 3.05. The van der Waals surface area contributed by atoms with Gasteiger partial charge in [0.1, 0.15) is 0 Å². The van der Waals surface area contributed by atoms with Crippen LogP contribution in [0.4, 0.5) is 11.4 Å². The van der Waals surface area contributed by atoms with Crippen molar-refractivity contribution in [3.63, 3.8) is 0 Å². The van der Waals surface area contributed by atoms with Crippen LogP contribution in [-0.4, -0.2) is 12.2 Å². The molecule has 1 N–H and O–H groups in total. The number of nitrogens with zero attached hydrogens (tertiary/aromatic N) is 1. The molecular formula is C15H16BrNO. The van der Waals surface area contributed by atoms with Gasteiger partial charge >= 0.3 is 0 Å². The number of aryl methyl sites for hydroxylation is 1. The lowest BCUT2D eigenvalue weighted by Gasteiger charge is -2.24. The first kappa shape index (κ1) is 13.1. The van der Waals surface area contributed by atoms with Crippen LogP contribution in [0.15, 0.2) is 46.9 Å². The molecule has 0 heterocycles. The van der Waals surface area contributed by atoms with Gasteiger partial charge in [-0.05, 0) is 36.8 Å². The topological polar surface area (TPSA) is 23.5 Å². The van der Waals surface area contributed by atoms with E-state index in [-0.39, 0.29) is 6.61 Å². The van der Waals surface area contributed by atoms with Crippen molar-refractivity contribution in [2.45, 2.75) is 13.5 Å². The van der Waals surface area contributed by atoms with Crippen LogP contribution in [0.1, 0.15) is 11.1 Å². The van der Waals surface area contributed by atoms with Gasteiger partial charge in [-0.15, -0.1) is 0 Å². The molecule has 0 aromatic heterocycles.